The number of carbonyl (C=O) groups excluding carboxylic acids is 1. The Kier molecular flexibility index (Phi) is 4.92. The molecular weight excluding hydrogens is 270 g/mol. The molecule has 2 aromatic rings. The number of hydrogen-bond donors (Lipinski definition) is 1. The lowest BCUT2D eigenvalue weighted by Gasteiger charge is -2.08. The molecule has 0 bridgehead atoms. The fourth-order valence-electron chi connectivity index (χ4n) is 1.74. The highest BCUT2D eigenvalue weighted by Gasteiger charge is 2.15. The van der Waals surface area contributed by atoms with Gasteiger partial charge >= 0.3 is 0 Å². The molecule has 0 aliphatic carbocycles. The topological polar surface area (TPSA) is 77.2 Å². The summed E-state index contributed by atoms with van der Waals surface area (Å²) in [4.78, 5) is 15.8. The van der Waals surface area contributed by atoms with Crippen molar-refractivity contribution < 1.29 is 14.1 Å². The lowest BCUT2D eigenvalue weighted by Crippen LogP contribution is -2.28. The second-order valence-electron chi connectivity index (χ2n) is 4.85. The van der Waals surface area contributed by atoms with E-state index in [0.29, 0.717) is 29.6 Å². The van der Waals surface area contributed by atoms with Crippen LogP contribution < -0.4 is 10.1 Å². The molecule has 2 rings (SSSR count). The van der Waals surface area contributed by atoms with Crippen molar-refractivity contribution in [2.75, 3.05) is 13.2 Å². The van der Waals surface area contributed by atoms with E-state index < -0.39 is 0 Å². The zero-order chi connectivity index (χ0) is 15.2. The minimum Gasteiger partial charge on any atom is -0.483 e. The summed E-state index contributed by atoms with van der Waals surface area (Å²) in [6.07, 6.45) is 0. The highest BCUT2D eigenvalue weighted by Crippen LogP contribution is 2.29. The van der Waals surface area contributed by atoms with Gasteiger partial charge in [-0.2, -0.15) is 4.98 Å². The average Bonchev–Trinajstić information content (AvgIpc) is 2.95. The van der Waals surface area contributed by atoms with Crippen molar-refractivity contribution in [1.29, 1.82) is 0 Å². The van der Waals surface area contributed by atoms with E-state index in [-0.39, 0.29) is 18.4 Å². The lowest BCUT2D eigenvalue weighted by molar-refractivity contribution is -0.122. The van der Waals surface area contributed by atoms with Gasteiger partial charge in [0.1, 0.15) is 5.75 Å². The van der Waals surface area contributed by atoms with Crippen LogP contribution in [-0.2, 0) is 4.79 Å². The Morgan fingerprint density at radius 2 is 2.14 bits per heavy atom. The third kappa shape index (κ3) is 3.81. The third-order valence-corrected chi connectivity index (χ3v) is 2.81. The first-order valence-corrected chi connectivity index (χ1v) is 6.94. The number of amides is 1. The molecule has 1 N–H and O–H groups in total. The Bertz CT molecular complexity index is 608. The Hall–Kier alpha value is -2.37. The predicted molar refractivity (Wildman–Crippen MR) is 78.0 cm³/mol. The number of ether oxygens (including phenoxy) is 1. The van der Waals surface area contributed by atoms with E-state index in [2.05, 4.69) is 15.5 Å². The molecule has 0 aliphatic heterocycles. The molecule has 0 unspecified atom stereocenters. The molecule has 1 heterocycles. The number of hydrogen-bond acceptors (Lipinski definition) is 5. The van der Waals surface area contributed by atoms with Crippen molar-refractivity contribution in [3.05, 3.63) is 30.1 Å². The lowest BCUT2D eigenvalue weighted by atomic mass is 10.2. The first-order chi connectivity index (χ1) is 10.1. The highest BCUT2D eigenvalue weighted by atomic mass is 16.5. The molecule has 0 aliphatic rings. The van der Waals surface area contributed by atoms with Gasteiger partial charge in [-0.15, -0.1) is 0 Å². The van der Waals surface area contributed by atoms with Crippen LogP contribution in [0.5, 0.6) is 5.75 Å². The number of rotatable bonds is 6. The fourth-order valence-corrected chi connectivity index (χ4v) is 1.74. The maximum absolute atomic E-state index is 11.5. The summed E-state index contributed by atoms with van der Waals surface area (Å²) in [5.41, 5.74) is 0.682. The van der Waals surface area contributed by atoms with Gasteiger partial charge in [0, 0.05) is 12.5 Å². The molecule has 0 saturated carbocycles. The Labute approximate surface area is 123 Å². The van der Waals surface area contributed by atoms with E-state index in [1.165, 1.54) is 0 Å². The van der Waals surface area contributed by atoms with Crippen LogP contribution in [0.1, 0.15) is 32.5 Å². The van der Waals surface area contributed by atoms with Crippen LogP contribution in [0, 0.1) is 0 Å². The van der Waals surface area contributed by atoms with Crippen LogP contribution in [0.15, 0.2) is 28.8 Å². The predicted octanol–water partition coefficient (Wildman–Crippen LogP) is 2.37. The smallest absolute Gasteiger partial charge is 0.261 e. The van der Waals surface area contributed by atoms with Crippen molar-refractivity contribution in [2.24, 2.45) is 0 Å². The summed E-state index contributed by atoms with van der Waals surface area (Å²) in [7, 11) is 0. The molecule has 1 aromatic carbocycles. The van der Waals surface area contributed by atoms with Crippen molar-refractivity contribution in [1.82, 2.24) is 15.5 Å². The summed E-state index contributed by atoms with van der Waals surface area (Å²) in [6.45, 7) is 6.37. The quantitative estimate of drug-likeness (QED) is 0.883. The van der Waals surface area contributed by atoms with Gasteiger partial charge in [0.2, 0.25) is 0 Å². The highest BCUT2D eigenvalue weighted by molar-refractivity contribution is 5.77. The number of likely N-dealkylation sites (N-methyl/N-ethyl adjacent to an activating group) is 1. The number of aromatic nitrogens is 2. The van der Waals surface area contributed by atoms with Gasteiger partial charge in [0.25, 0.3) is 11.8 Å². The molecule has 0 saturated heterocycles. The molecular formula is C15H19N3O3. The van der Waals surface area contributed by atoms with Crippen LogP contribution in [-0.4, -0.2) is 29.2 Å². The monoisotopic (exact) mass is 289 g/mol. The van der Waals surface area contributed by atoms with E-state index in [4.69, 9.17) is 9.26 Å². The normalized spacial score (nSPS) is 10.7. The number of nitrogens with one attached hydrogen (secondary N) is 1. The standard InChI is InChI=1S/C15H19N3O3/c1-4-16-13(19)9-20-12-8-6-5-7-11(12)15-17-14(10(2)3)18-21-15/h5-8,10H,4,9H2,1-3H3,(H,16,19). The molecule has 21 heavy (non-hydrogen) atoms. The van der Waals surface area contributed by atoms with Crippen molar-refractivity contribution >= 4 is 5.91 Å². The van der Waals surface area contributed by atoms with E-state index in [0.717, 1.165) is 0 Å². The molecule has 0 atom stereocenters. The van der Waals surface area contributed by atoms with Gasteiger partial charge in [-0.1, -0.05) is 31.1 Å². The molecule has 6 heteroatoms. The van der Waals surface area contributed by atoms with Crippen LogP contribution in [0.25, 0.3) is 11.5 Å². The zero-order valence-corrected chi connectivity index (χ0v) is 12.4. The second kappa shape index (κ2) is 6.88. The first-order valence-electron chi connectivity index (χ1n) is 6.94. The van der Waals surface area contributed by atoms with E-state index in [1.54, 1.807) is 6.07 Å². The van der Waals surface area contributed by atoms with Gasteiger partial charge in [-0.3, -0.25) is 4.79 Å². The van der Waals surface area contributed by atoms with E-state index >= 15 is 0 Å². The summed E-state index contributed by atoms with van der Waals surface area (Å²) < 4.78 is 10.8. The molecule has 0 spiro atoms. The summed E-state index contributed by atoms with van der Waals surface area (Å²) in [5, 5.41) is 6.62. The number of nitrogens with zero attached hydrogens (tertiary/aromatic N) is 2. The number of para-hydroxylation sites is 1. The molecule has 1 amide bonds. The van der Waals surface area contributed by atoms with Crippen molar-refractivity contribution in [2.45, 2.75) is 26.7 Å². The SMILES string of the molecule is CCNC(=O)COc1ccccc1-c1nc(C(C)C)no1. The third-order valence-electron chi connectivity index (χ3n) is 2.81. The van der Waals surface area contributed by atoms with Crippen molar-refractivity contribution in [3.8, 4) is 17.2 Å². The maximum Gasteiger partial charge on any atom is 0.261 e. The van der Waals surface area contributed by atoms with E-state index in [1.807, 2.05) is 39.0 Å². The van der Waals surface area contributed by atoms with Gasteiger partial charge in [-0.05, 0) is 19.1 Å². The van der Waals surface area contributed by atoms with Crippen LogP contribution in [0.3, 0.4) is 0 Å². The largest absolute Gasteiger partial charge is 0.483 e. The fraction of sp³-hybridized carbons (Fsp3) is 0.400. The average molecular weight is 289 g/mol. The van der Waals surface area contributed by atoms with Gasteiger partial charge in [0.15, 0.2) is 12.4 Å². The van der Waals surface area contributed by atoms with Crippen molar-refractivity contribution in [3.63, 3.8) is 0 Å². The van der Waals surface area contributed by atoms with Gasteiger partial charge in [-0.25, -0.2) is 0 Å². The first kappa shape index (κ1) is 15.0. The van der Waals surface area contributed by atoms with Crippen LogP contribution in [0.2, 0.25) is 0 Å². The van der Waals surface area contributed by atoms with Gasteiger partial charge in [0.05, 0.1) is 5.56 Å². The Balaban J connectivity index is 2.17. The summed E-state index contributed by atoms with van der Waals surface area (Å²) >= 11 is 0. The van der Waals surface area contributed by atoms with Crippen LogP contribution >= 0.6 is 0 Å². The minimum atomic E-state index is -0.166. The van der Waals surface area contributed by atoms with Gasteiger partial charge < -0.3 is 14.6 Å². The summed E-state index contributed by atoms with van der Waals surface area (Å²) in [5.74, 6) is 1.60. The molecule has 1 aromatic heterocycles. The molecule has 6 nitrogen and oxygen atoms in total. The molecule has 112 valence electrons. The molecule has 0 fully saturated rings. The summed E-state index contributed by atoms with van der Waals surface area (Å²) in [6, 6.07) is 7.28. The molecule has 0 radical (unpaired) electrons. The number of benzene rings is 1. The Morgan fingerprint density at radius 3 is 2.81 bits per heavy atom. The number of carbonyl (C=O) groups is 1. The minimum absolute atomic E-state index is 0.0456. The zero-order valence-electron chi connectivity index (χ0n) is 12.4. The van der Waals surface area contributed by atoms with E-state index in [9.17, 15) is 4.79 Å². The maximum atomic E-state index is 11.5. The second-order valence-corrected chi connectivity index (χ2v) is 4.85. The van der Waals surface area contributed by atoms with Crippen LogP contribution in [0.4, 0.5) is 0 Å². The Morgan fingerprint density at radius 1 is 1.38 bits per heavy atom.